The Morgan fingerprint density at radius 1 is 1.10 bits per heavy atom. The number of halogens is 3. The SMILES string of the molecule is CC(CN1C(=O)CNC(=O)c2cc(CCCCOc3cccnc3N)ccc21)[C@@]1(C(=O)Oc2ccccc2)NC1(C=O)CC=O.O=C(O)C(F)(F)F. The Morgan fingerprint density at radius 2 is 1.81 bits per heavy atom. The zero-order chi connectivity index (χ0) is 38.1. The highest BCUT2D eigenvalue weighted by molar-refractivity contribution is 6.10. The van der Waals surface area contributed by atoms with Gasteiger partial charge in [0.15, 0.2) is 11.6 Å². The molecule has 2 aliphatic heterocycles. The van der Waals surface area contributed by atoms with E-state index in [1.807, 2.05) is 6.07 Å². The van der Waals surface area contributed by atoms with Crippen molar-refractivity contribution in [2.24, 2.45) is 5.92 Å². The summed E-state index contributed by atoms with van der Waals surface area (Å²) in [5.41, 5.74) is 4.38. The number of ether oxygens (including phenoxy) is 2. The second-order valence-corrected chi connectivity index (χ2v) is 12.0. The summed E-state index contributed by atoms with van der Waals surface area (Å²) in [6, 6.07) is 17.2. The minimum absolute atomic E-state index is 0.0275. The Kier molecular flexibility index (Phi) is 12.3. The van der Waals surface area contributed by atoms with Crippen molar-refractivity contribution in [2.75, 3.05) is 30.3 Å². The van der Waals surface area contributed by atoms with Gasteiger partial charge in [0.05, 0.1) is 24.4 Å². The number of carboxylic acid groups (broad SMARTS) is 1. The number of amides is 2. The average Bonchev–Trinajstić information content (AvgIpc) is 3.82. The van der Waals surface area contributed by atoms with Gasteiger partial charge in [-0.3, -0.25) is 14.9 Å². The van der Waals surface area contributed by atoms with Crippen molar-refractivity contribution in [1.82, 2.24) is 15.6 Å². The number of benzene rings is 2. The molecule has 0 aliphatic carbocycles. The van der Waals surface area contributed by atoms with E-state index in [4.69, 9.17) is 25.1 Å². The number of rotatable bonds is 14. The molecule has 2 aliphatic rings. The molecule has 1 aromatic heterocycles. The van der Waals surface area contributed by atoms with Crippen molar-refractivity contribution < 1.29 is 56.5 Å². The Labute approximate surface area is 295 Å². The van der Waals surface area contributed by atoms with Crippen molar-refractivity contribution in [2.45, 2.75) is 49.9 Å². The number of hydrogen-bond donors (Lipinski definition) is 4. The largest absolute Gasteiger partial charge is 0.490 e. The molecule has 276 valence electrons. The quantitative estimate of drug-likeness (QED) is 0.0620. The summed E-state index contributed by atoms with van der Waals surface area (Å²) < 4.78 is 43.1. The standard InChI is InChI=1S/C33H35N5O7.C2HF3O2/c1-22(33(32(21-40,37-33)14-16-39)31(43)45-24-9-3-2-4-10-24)20-38-26-13-12-23(18-25(26)30(42)36-19-28(38)41)8-5-6-17-44-27-11-7-15-35-29(27)34;3-2(4,5)1(6)7/h2-4,7,9-13,15-16,18,21-22,37H,5-6,8,14,17,19-20H2,1H3,(H2,34,35)(H,36,42);(H,6,7)/t22?,32?,33-;/m0./s1. The second kappa shape index (κ2) is 16.5. The summed E-state index contributed by atoms with van der Waals surface area (Å²) >= 11 is 0. The van der Waals surface area contributed by atoms with Gasteiger partial charge >= 0.3 is 18.1 Å². The van der Waals surface area contributed by atoms with Gasteiger partial charge in [0.2, 0.25) is 5.91 Å². The highest BCUT2D eigenvalue weighted by Gasteiger charge is 2.75. The van der Waals surface area contributed by atoms with Gasteiger partial charge in [-0.1, -0.05) is 31.2 Å². The normalized spacial score (nSPS) is 19.8. The summed E-state index contributed by atoms with van der Waals surface area (Å²) in [5, 5.41) is 12.7. The molecule has 1 saturated heterocycles. The van der Waals surface area contributed by atoms with Gasteiger partial charge in [-0.2, -0.15) is 13.2 Å². The van der Waals surface area contributed by atoms with Crippen LogP contribution >= 0.6 is 0 Å². The van der Waals surface area contributed by atoms with Gasteiger partial charge in [-0.25, -0.2) is 14.6 Å². The number of alkyl halides is 3. The molecule has 3 atom stereocenters. The number of nitrogen functional groups attached to an aromatic ring is 1. The minimum Gasteiger partial charge on any atom is -0.490 e. The highest BCUT2D eigenvalue weighted by Crippen LogP contribution is 2.47. The van der Waals surface area contributed by atoms with E-state index in [2.05, 4.69) is 15.6 Å². The van der Waals surface area contributed by atoms with E-state index in [0.717, 1.165) is 18.4 Å². The molecule has 17 heteroatoms. The van der Waals surface area contributed by atoms with Crippen LogP contribution in [0.1, 0.15) is 42.1 Å². The fourth-order valence-corrected chi connectivity index (χ4v) is 5.89. The monoisotopic (exact) mass is 727 g/mol. The summed E-state index contributed by atoms with van der Waals surface area (Å²) in [7, 11) is 0. The lowest BCUT2D eigenvalue weighted by Crippen LogP contribution is -2.50. The fourth-order valence-electron chi connectivity index (χ4n) is 5.89. The molecule has 14 nitrogen and oxygen atoms in total. The van der Waals surface area contributed by atoms with Gasteiger partial charge in [-0.15, -0.1) is 0 Å². The number of fused-ring (bicyclic) bond motifs is 1. The van der Waals surface area contributed by atoms with Crippen molar-refractivity contribution in [3.63, 3.8) is 0 Å². The summed E-state index contributed by atoms with van der Waals surface area (Å²) in [4.78, 5) is 78.2. The number of nitrogens with one attached hydrogen (secondary N) is 2. The van der Waals surface area contributed by atoms with Crippen LogP contribution in [0.2, 0.25) is 0 Å². The predicted molar refractivity (Wildman–Crippen MR) is 178 cm³/mol. The molecule has 2 aromatic carbocycles. The maximum Gasteiger partial charge on any atom is 0.490 e. The molecule has 5 rings (SSSR count). The number of aliphatic carboxylic acids is 1. The first-order valence-corrected chi connectivity index (χ1v) is 16.0. The van der Waals surface area contributed by atoms with E-state index in [0.29, 0.717) is 48.4 Å². The van der Waals surface area contributed by atoms with Crippen molar-refractivity contribution in [3.05, 3.63) is 78.0 Å². The summed E-state index contributed by atoms with van der Waals surface area (Å²) in [6.45, 7) is 1.89. The molecule has 3 aromatic rings. The minimum atomic E-state index is -5.08. The highest BCUT2D eigenvalue weighted by atomic mass is 19.4. The molecule has 0 saturated carbocycles. The molecule has 2 unspecified atom stereocenters. The summed E-state index contributed by atoms with van der Waals surface area (Å²) in [6.07, 6.45) is -0.421. The van der Waals surface area contributed by atoms with Crippen LogP contribution in [-0.4, -0.2) is 83.4 Å². The van der Waals surface area contributed by atoms with Crippen LogP contribution in [0.3, 0.4) is 0 Å². The molecule has 5 N–H and O–H groups in total. The topological polar surface area (TPSA) is 217 Å². The van der Waals surface area contributed by atoms with E-state index < -0.39 is 41.0 Å². The van der Waals surface area contributed by atoms with E-state index in [9.17, 15) is 37.1 Å². The lowest BCUT2D eigenvalue weighted by atomic mass is 9.81. The van der Waals surface area contributed by atoms with Crippen molar-refractivity contribution >= 4 is 47.8 Å². The second-order valence-electron chi connectivity index (χ2n) is 12.0. The van der Waals surface area contributed by atoms with E-state index >= 15 is 0 Å². The van der Waals surface area contributed by atoms with Crippen LogP contribution in [0.5, 0.6) is 11.5 Å². The number of carboxylic acids is 1. The van der Waals surface area contributed by atoms with E-state index in [-0.39, 0.29) is 31.2 Å². The molecular weight excluding hydrogens is 691 g/mol. The van der Waals surface area contributed by atoms with Crippen molar-refractivity contribution in [1.29, 1.82) is 0 Å². The number of nitrogens with two attached hydrogens (primary N) is 1. The molecular formula is C35H36F3N5O9. The van der Waals surface area contributed by atoms with Crippen LogP contribution in [0.15, 0.2) is 66.9 Å². The van der Waals surface area contributed by atoms with Gasteiger partial charge < -0.3 is 40.1 Å². The third-order valence-corrected chi connectivity index (χ3v) is 8.60. The maximum absolute atomic E-state index is 13.6. The number of unbranched alkanes of at least 4 members (excludes halogenated alkanes) is 1. The van der Waals surface area contributed by atoms with Crippen LogP contribution in [0, 0.1) is 5.92 Å². The number of aromatic nitrogens is 1. The number of nitrogens with zero attached hydrogens (tertiary/aromatic N) is 2. The predicted octanol–water partition coefficient (Wildman–Crippen LogP) is 2.89. The number of pyridine rings is 1. The average molecular weight is 728 g/mol. The molecule has 52 heavy (non-hydrogen) atoms. The van der Waals surface area contributed by atoms with Crippen LogP contribution in [-0.2, 0) is 30.4 Å². The Morgan fingerprint density at radius 3 is 2.44 bits per heavy atom. The molecule has 0 spiro atoms. The maximum atomic E-state index is 13.6. The first-order valence-electron chi connectivity index (χ1n) is 16.0. The van der Waals surface area contributed by atoms with Crippen molar-refractivity contribution in [3.8, 4) is 11.5 Å². The fraction of sp³-hybridized carbons (Fsp3) is 0.343. The lowest BCUT2D eigenvalue weighted by molar-refractivity contribution is -0.192. The first kappa shape index (κ1) is 39.0. The number of esters is 1. The Balaban J connectivity index is 0.000000785. The number of carbonyl (C=O) groups excluding carboxylic acids is 5. The first-order chi connectivity index (χ1) is 24.7. The number of aldehydes is 2. The zero-order valence-electron chi connectivity index (χ0n) is 27.9. The third kappa shape index (κ3) is 8.71. The molecule has 0 radical (unpaired) electrons. The number of carbonyl (C=O) groups is 6. The van der Waals surface area contributed by atoms with Crippen LogP contribution < -0.4 is 30.7 Å². The van der Waals surface area contributed by atoms with E-state index in [1.54, 1.807) is 67.7 Å². The van der Waals surface area contributed by atoms with Gasteiger partial charge in [0.25, 0.3) is 5.91 Å². The Bertz CT molecular complexity index is 1810. The Hall–Kier alpha value is -5.84. The zero-order valence-corrected chi connectivity index (χ0v) is 27.9. The van der Waals surface area contributed by atoms with Crippen LogP contribution in [0.4, 0.5) is 24.7 Å². The van der Waals surface area contributed by atoms with E-state index in [1.165, 1.54) is 4.90 Å². The van der Waals surface area contributed by atoms with Gasteiger partial charge in [0, 0.05) is 25.1 Å². The third-order valence-electron chi connectivity index (χ3n) is 8.60. The number of anilines is 2. The molecule has 1 fully saturated rings. The molecule has 2 amide bonds. The summed E-state index contributed by atoms with van der Waals surface area (Å²) in [5.74, 6) is -3.82. The number of aryl methyl sites for hydroxylation is 1. The molecule has 0 bridgehead atoms. The van der Waals surface area contributed by atoms with Gasteiger partial charge in [-0.05, 0) is 61.2 Å². The number of para-hydroxylation sites is 1. The molecule has 3 heterocycles. The smallest absolute Gasteiger partial charge is 0.490 e. The van der Waals surface area contributed by atoms with Crippen LogP contribution in [0.25, 0.3) is 0 Å². The lowest BCUT2D eigenvalue weighted by Gasteiger charge is -2.30. The number of hydrogen-bond acceptors (Lipinski definition) is 11. The van der Waals surface area contributed by atoms with Gasteiger partial charge in [0.1, 0.15) is 29.4 Å².